The minimum atomic E-state index is -4.16. The Balaban J connectivity index is 1.55. The SMILES string of the molecule is C=C1[C@H](CO[P@@](=O)(N[C@@H](C)C(=O)CO)Oc2ccc(Br)cc2)[C@@H](O)C[C@@H]1n1cnc2c(=O)[nH]c(N)nc21. The molecule has 0 bridgehead atoms. The number of aromatic amines is 1. The van der Waals surface area contributed by atoms with E-state index in [-0.39, 0.29) is 35.9 Å². The van der Waals surface area contributed by atoms with Crippen LogP contribution in [-0.4, -0.2) is 60.9 Å². The third-order valence-corrected chi connectivity index (χ3v) is 8.25. The van der Waals surface area contributed by atoms with Crippen LogP contribution in [0.3, 0.4) is 0 Å². The van der Waals surface area contributed by atoms with E-state index in [1.165, 1.54) is 13.3 Å². The molecule has 2 aromatic heterocycles. The number of carbonyl (C=O) groups is 1. The molecule has 0 aliphatic heterocycles. The number of Topliss-reactive ketones (excluding diaryl/α,β-unsaturated/α-hetero) is 1. The number of carbonyl (C=O) groups excluding carboxylic acids is 1. The monoisotopic (exact) mass is 596 g/mol. The van der Waals surface area contributed by atoms with Crippen LogP contribution in [0.4, 0.5) is 5.95 Å². The highest BCUT2D eigenvalue weighted by Gasteiger charge is 2.41. The van der Waals surface area contributed by atoms with Crippen LogP contribution in [0.2, 0.25) is 0 Å². The van der Waals surface area contributed by atoms with Crippen molar-refractivity contribution in [3.05, 3.63) is 57.6 Å². The van der Waals surface area contributed by atoms with Crippen LogP contribution in [0, 0.1) is 5.92 Å². The number of nitrogens with zero attached hydrogens (tertiary/aromatic N) is 3. The highest BCUT2D eigenvalue weighted by atomic mass is 79.9. The van der Waals surface area contributed by atoms with Gasteiger partial charge in [-0.2, -0.15) is 4.98 Å². The van der Waals surface area contributed by atoms with Crippen molar-refractivity contribution in [3.63, 3.8) is 0 Å². The highest BCUT2D eigenvalue weighted by molar-refractivity contribution is 9.10. The summed E-state index contributed by atoms with van der Waals surface area (Å²) in [6, 6.07) is 4.95. The van der Waals surface area contributed by atoms with E-state index in [0.29, 0.717) is 5.57 Å². The summed E-state index contributed by atoms with van der Waals surface area (Å²) in [6.45, 7) is 4.49. The zero-order chi connectivity index (χ0) is 26.9. The van der Waals surface area contributed by atoms with Crippen molar-refractivity contribution in [2.24, 2.45) is 5.92 Å². The molecular weight excluding hydrogens is 571 g/mol. The number of halogens is 1. The van der Waals surface area contributed by atoms with E-state index in [4.69, 9.17) is 14.8 Å². The summed E-state index contributed by atoms with van der Waals surface area (Å²) in [6.07, 6.45) is 0.688. The molecule has 198 valence electrons. The van der Waals surface area contributed by atoms with Crippen LogP contribution in [0.25, 0.3) is 11.2 Å². The molecule has 13 nitrogen and oxygen atoms in total. The number of aliphatic hydroxyl groups excluding tert-OH is 2. The first-order valence-electron chi connectivity index (χ1n) is 11.2. The van der Waals surface area contributed by atoms with E-state index >= 15 is 0 Å². The number of hydrogen-bond donors (Lipinski definition) is 5. The van der Waals surface area contributed by atoms with E-state index in [9.17, 15) is 24.4 Å². The minimum Gasteiger partial charge on any atom is -0.413 e. The lowest BCUT2D eigenvalue weighted by molar-refractivity contribution is -0.123. The lowest BCUT2D eigenvalue weighted by Crippen LogP contribution is -2.36. The molecular formula is C22H26BrN6O7P. The Kier molecular flexibility index (Phi) is 7.97. The fraction of sp³-hybridized carbons (Fsp3) is 0.364. The number of aliphatic hydroxyl groups is 2. The van der Waals surface area contributed by atoms with Gasteiger partial charge in [0, 0.05) is 10.4 Å². The van der Waals surface area contributed by atoms with Gasteiger partial charge in [-0.3, -0.25) is 19.1 Å². The van der Waals surface area contributed by atoms with Crippen LogP contribution in [0.15, 0.2) is 52.0 Å². The Morgan fingerprint density at radius 1 is 1.43 bits per heavy atom. The topological polar surface area (TPSA) is 195 Å². The van der Waals surface area contributed by atoms with Crippen LogP contribution < -0.4 is 20.9 Å². The van der Waals surface area contributed by atoms with Crippen molar-refractivity contribution in [2.75, 3.05) is 18.9 Å². The minimum absolute atomic E-state index is 0.0769. The maximum absolute atomic E-state index is 13.6. The molecule has 0 radical (unpaired) electrons. The Morgan fingerprint density at radius 2 is 2.14 bits per heavy atom. The number of H-pyrrole nitrogens is 1. The van der Waals surface area contributed by atoms with Gasteiger partial charge in [0.05, 0.1) is 31.1 Å². The molecule has 1 aliphatic carbocycles. The second kappa shape index (κ2) is 10.9. The van der Waals surface area contributed by atoms with Crippen molar-refractivity contribution in [3.8, 4) is 5.75 Å². The summed E-state index contributed by atoms with van der Waals surface area (Å²) < 4.78 is 27.3. The van der Waals surface area contributed by atoms with Gasteiger partial charge in [0.1, 0.15) is 12.4 Å². The molecule has 1 aromatic carbocycles. The Morgan fingerprint density at radius 3 is 2.81 bits per heavy atom. The fourth-order valence-corrected chi connectivity index (χ4v) is 5.89. The smallest absolute Gasteiger partial charge is 0.413 e. The summed E-state index contributed by atoms with van der Waals surface area (Å²) in [4.78, 5) is 34.7. The highest BCUT2D eigenvalue weighted by Crippen LogP contribution is 2.48. The summed E-state index contributed by atoms with van der Waals surface area (Å²) in [5.74, 6) is -1.14. The summed E-state index contributed by atoms with van der Waals surface area (Å²) >= 11 is 3.31. The zero-order valence-corrected chi connectivity index (χ0v) is 22.2. The number of nitrogens with one attached hydrogen (secondary N) is 2. The van der Waals surface area contributed by atoms with Gasteiger partial charge in [0.15, 0.2) is 16.9 Å². The van der Waals surface area contributed by atoms with Crippen molar-refractivity contribution in [1.29, 1.82) is 0 Å². The normalized spacial score (nSPS) is 22.2. The molecule has 0 unspecified atom stereocenters. The van der Waals surface area contributed by atoms with Gasteiger partial charge >= 0.3 is 7.75 Å². The Labute approximate surface area is 219 Å². The number of imidazole rings is 1. The first kappa shape index (κ1) is 27.2. The third kappa shape index (κ3) is 5.84. The number of nitrogen functional groups attached to an aromatic ring is 1. The number of aromatic nitrogens is 4. The van der Waals surface area contributed by atoms with Gasteiger partial charge in [-0.15, -0.1) is 0 Å². The third-order valence-electron chi connectivity index (χ3n) is 6.07. The zero-order valence-electron chi connectivity index (χ0n) is 19.7. The number of ketones is 1. The van der Waals surface area contributed by atoms with Gasteiger partial charge in [-0.1, -0.05) is 22.5 Å². The van der Waals surface area contributed by atoms with Crippen molar-refractivity contribution >= 4 is 46.6 Å². The van der Waals surface area contributed by atoms with Gasteiger partial charge in [0.2, 0.25) is 5.95 Å². The number of hydrogen-bond acceptors (Lipinski definition) is 10. The van der Waals surface area contributed by atoms with E-state index in [1.54, 1.807) is 28.8 Å². The number of rotatable bonds is 10. The average Bonchev–Trinajstić information content (AvgIpc) is 3.38. The van der Waals surface area contributed by atoms with E-state index < -0.39 is 49.8 Å². The maximum Gasteiger partial charge on any atom is 0.459 e. The lowest BCUT2D eigenvalue weighted by atomic mass is 10.0. The molecule has 1 fully saturated rings. The van der Waals surface area contributed by atoms with Crippen molar-refractivity contribution in [1.82, 2.24) is 24.6 Å². The lowest BCUT2D eigenvalue weighted by Gasteiger charge is -2.25. The van der Waals surface area contributed by atoms with E-state index in [0.717, 1.165) is 4.47 Å². The Hall–Kier alpha value is -2.87. The van der Waals surface area contributed by atoms with E-state index in [1.807, 2.05) is 0 Å². The standard InChI is InChI=1S/C22H26BrN6O7P/c1-11-15(17(31)7-16(11)29-10-25-19-20(29)26-22(24)27-21(19)33)9-35-37(34,28-12(2)18(32)8-30)36-14-5-3-13(23)4-6-14/h3-6,10,12,15-17,30-31H,1,7-9H2,2H3,(H,28,34)(H3,24,26,27,33)/t12-,15-,16-,17-,37-/m0/s1. The summed E-state index contributed by atoms with van der Waals surface area (Å²) in [5.41, 5.74) is 6.06. The van der Waals surface area contributed by atoms with Crippen LogP contribution in [0.1, 0.15) is 19.4 Å². The maximum atomic E-state index is 13.6. The molecule has 0 spiro atoms. The van der Waals surface area contributed by atoms with E-state index in [2.05, 4.69) is 42.5 Å². The molecule has 4 rings (SSSR count). The number of anilines is 1. The molecule has 6 N–H and O–H groups in total. The van der Waals surface area contributed by atoms with Crippen molar-refractivity contribution < 1.29 is 28.6 Å². The molecule has 0 saturated heterocycles. The second-order valence-electron chi connectivity index (χ2n) is 8.59. The predicted octanol–water partition coefficient (Wildman–Crippen LogP) is 1.69. The first-order valence-corrected chi connectivity index (χ1v) is 13.5. The fourth-order valence-electron chi connectivity index (χ4n) is 4.07. The van der Waals surface area contributed by atoms with Crippen LogP contribution in [-0.2, 0) is 13.9 Å². The largest absolute Gasteiger partial charge is 0.459 e. The molecule has 0 amide bonds. The Bertz CT molecular complexity index is 1430. The first-order chi connectivity index (χ1) is 17.5. The number of nitrogens with two attached hydrogens (primary N) is 1. The second-order valence-corrected chi connectivity index (χ2v) is 11.2. The van der Waals surface area contributed by atoms with Gasteiger partial charge in [-0.05, 0) is 43.2 Å². The van der Waals surface area contributed by atoms with Gasteiger partial charge in [0.25, 0.3) is 5.56 Å². The van der Waals surface area contributed by atoms with Gasteiger partial charge in [-0.25, -0.2) is 14.6 Å². The molecule has 37 heavy (non-hydrogen) atoms. The van der Waals surface area contributed by atoms with Crippen molar-refractivity contribution in [2.45, 2.75) is 31.5 Å². The molecule has 1 aliphatic rings. The predicted molar refractivity (Wildman–Crippen MR) is 138 cm³/mol. The van der Waals surface area contributed by atoms with Gasteiger partial charge < -0.3 is 25.0 Å². The molecule has 5 atom stereocenters. The molecule has 1 saturated carbocycles. The summed E-state index contributed by atoms with van der Waals surface area (Å²) in [5, 5.41) is 22.5. The number of benzene rings is 1. The number of fused-ring (bicyclic) bond motifs is 1. The van der Waals surface area contributed by atoms with Crippen LogP contribution >= 0.6 is 23.7 Å². The quantitative estimate of drug-likeness (QED) is 0.169. The average molecular weight is 597 g/mol. The molecule has 2 heterocycles. The molecule has 15 heteroatoms. The molecule has 3 aromatic rings. The van der Waals surface area contributed by atoms with Crippen LogP contribution in [0.5, 0.6) is 5.75 Å². The summed E-state index contributed by atoms with van der Waals surface area (Å²) in [7, 11) is -4.16.